The van der Waals surface area contributed by atoms with Crippen LogP contribution in [0.1, 0.15) is 50.2 Å². The van der Waals surface area contributed by atoms with Crippen LogP contribution in [0.4, 0.5) is 0 Å². The first kappa shape index (κ1) is 14.9. The van der Waals surface area contributed by atoms with E-state index in [9.17, 15) is 4.79 Å². The van der Waals surface area contributed by atoms with Crippen molar-refractivity contribution in [2.24, 2.45) is 0 Å². The molecule has 0 bridgehead atoms. The first-order valence-corrected chi connectivity index (χ1v) is 7.64. The third-order valence-electron chi connectivity index (χ3n) is 4.33. The second-order valence-electron chi connectivity index (χ2n) is 5.42. The van der Waals surface area contributed by atoms with E-state index in [1.807, 2.05) is 24.8 Å². The molecule has 3 nitrogen and oxygen atoms in total. The average molecular weight is 275 g/mol. The summed E-state index contributed by atoms with van der Waals surface area (Å²) in [5.41, 5.74) is 2.70. The fourth-order valence-corrected chi connectivity index (χ4v) is 3.15. The van der Waals surface area contributed by atoms with Gasteiger partial charge in [0.05, 0.1) is 7.11 Å². The van der Waals surface area contributed by atoms with Crippen molar-refractivity contribution in [3.8, 4) is 5.75 Å². The summed E-state index contributed by atoms with van der Waals surface area (Å²) in [6.07, 6.45) is 4.02. The Morgan fingerprint density at radius 1 is 1.35 bits per heavy atom. The monoisotopic (exact) mass is 275 g/mol. The zero-order valence-corrected chi connectivity index (χ0v) is 12.8. The normalized spacial score (nSPS) is 17.4. The number of carbonyl (C=O) groups is 1. The lowest BCUT2D eigenvalue weighted by molar-refractivity contribution is -0.131. The van der Waals surface area contributed by atoms with Gasteiger partial charge in [-0.15, -0.1) is 0 Å². The highest BCUT2D eigenvalue weighted by Crippen LogP contribution is 2.36. The Kier molecular flexibility index (Phi) is 5.05. The van der Waals surface area contributed by atoms with Gasteiger partial charge in [0.25, 0.3) is 0 Å². The molecule has 0 fully saturated rings. The maximum Gasteiger partial charge on any atom is 0.223 e. The second kappa shape index (κ2) is 6.78. The molecule has 3 heteroatoms. The molecule has 0 N–H and O–H groups in total. The standard InChI is InChI=1S/C17H25NO2/c1-4-18(5-2)17(19)12-14-8-6-7-13-11-15(20-3)9-10-16(13)14/h9-11,14H,4-8,12H2,1-3H3. The van der Waals surface area contributed by atoms with Crippen LogP contribution in [0.25, 0.3) is 0 Å². The Labute approximate surface area is 121 Å². The van der Waals surface area contributed by atoms with Crippen LogP contribution >= 0.6 is 0 Å². The Balaban J connectivity index is 2.14. The van der Waals surface area contributed by atoms with Crippen molar-refractivity contribution in [3.05, 3.63) is 29.3 Å². The lowest BCUT2D eigenvalue weighted by atomic mass is 9.80. The Morgan fingerprint density at radius 3 is 2.75 bits per heavy atom. The first-order valence-electron chi connectivity index (χ1n) is 7.64. The number of hydrogen-bond acceptors (Lipinski definition) is 2. The number of ether oxygens (including phenoxy) is 1. The highest BCUT2D eigenvalue weighted by atomic mass is 16.5. The van der Waals surface area contributed by atoms with E-state index in [1.165, 1.54) is 11.1 Å². The molecule has 1 atom stereocenters. The average Bonchev–Trinajstić information content (AvgIpc) is 2.48. The molecule has 110 valence electrons. The fraction of sp³-hybridized carbons (Fsp3) is 0.588. The summed E-state index contributed by atoms with van der Waals surface area (Å²) in [5, 5.41) is 0. The zero-order chi connectivity index (χ0) is 14.5. The number of hydrogen-bond donors (Lipinski definition) is 0. The summed E-state index contributed by atoms with van der Waals surface area (Å²) in [6.45, 7) is 5.69. The van der Waals surface area contributed by atoms with Crippen LogP contribution in [-0.4, -0.2) is 31.0 Å². The van der Waals surface area contributed by atoms with E-state index in [4.69, 9.17) is 4.74 Å². The van der Waals surface area contributed by atoms with Crippen molar-refractivity contribution in [2.75, 3.05) is 20.2 Å². The molecule has 1 unspecified atom stereocenters. The van der Waals surface area contributed by atoms with Gasteiger partial charge in [-0.2, -0.15) is 0 Å². The van der Waals surface area contributed by atoms with Crippen LogP contribution in [0.5, 0.6) is 5.75 Å². The number of rotatable bonds is 5. The van der Waals surface area contributed by atoms with Crippen LogP contribution in [0.15, 0.2) is 18.2 Å². The summed E-state index contributed by atoms with van der Waals surface area (Å²) in [5.74, 6) is 1.57. The largest absolute Gasteiger partial charge is 0.497 e. The Bertz CT molecular complexity index is 466. The smallest absolute Gasteiger partial charge is 0.223 e. The Hall–Kier alpha value is -1.51. The lowest BCUT2D eigenvalue weighted by Crippen LogP contribution is -2.32. The maximum absolute atomic E-state index is 12.3. The predicted octanol–water partition coefficient (Wildman–Crippen LogP) is 3.37. The highest BCUT2D eigenvalue weighted by Gasteiger charge is 2.24. The van der Waals surface area contributed by atoms with Gasteiger partial charge in [0, 0.05) is 19.5 Å². The summed E-state index contributed by atoms with van der Waals surface area (Å²) >= 11 is 0. The number of fused-ring (bicyclic) bond motifs is 1. The maximum atomic E-state index is 12.3. The van der Waals surface area contributed by atoms with Gasteiger partial charge in [0.1, 0.15) is 5.75 Å². The molecule has 0 heterocycles. The van der Waals surface area contributed by atoms with Gasteiger partial charge in [-0.1, -0.05) is 6.07 Å². The third kappa shape index (κ3) is 3.14. The summed E-state index contributed by atoms with van der Waals surface area (Å²) in [4.78, 5) is 14.2. The molecule has 1 aromatic carbocycles. The van der Waals surface area contributed by atoms with E-state index < -0.39 is 0 Å². The molecule has 0 spiro atoms. The number of aryl methyl sites for hydroxylation is 1. The summed E-state index contributed by atoms with van der Waals surface area (Å²) < 4.78 is 5.29. The minimum Gasteiger partial charge on any atom is -0.497 e. The van der Waals surface area contributed by atoms with Crippen molar-refractivity contribution in [1.82, 2.24) is 4.90 Å². The second-order valence-corrected chi connectivity index (χ2v) is 5.42. The molecule has 0 aromatic heterocycles. The van der Waals surface area contributed by atoms with Crippen molar-refractivity contribution >= 4 is 5.91 Å². The molecular weight excluding hydrogens is 250 g/mol. The molecular formula is C17H25NO2. The molecule has 1 aliphatic carbocycles. The van der Waals surface area contributed by atoms with Gasteiger partial charge < -0.3 is 9.64 Å². The zero-order valence-electron chi connectivity index (χ0n) is 12.8. The molecule has 20 heavy (non-hydrogen) atoms. The van der Waals surface area contributed by atoms with Crippen molar-refractivity contribution in [2.45, 2.75) is 45.4 Å². The minimum absolute atomic E-state index is 0.281. The predicted molar refractivity (Wildman–Crippen MR) is 81.2 cm³/mol. The summed E-state index contributed by atoms with van der Waals surface area (Å²) in [6, 6.07) is 6.29. The number of amides is 1. The summed E-state index contributed by atoms with van der Waals surface area (Å²) in [7, 11) is 1.70. The lowest BCUT2D eigenvalue weighted by Gasteiger charge is -2.28. The number of carbonyl (C=O) groups excluding carboxylic acids is 1. The number of benzene rings is 1. The van der Waals surface area contributed by atoms with E-state index >= 15 is 0 Å². The van der Waals surface area contributed by atoms with E-state index in [0.717, 1.165) is 38.1 Å². The third-order valence-corrected chi connectivity index (χ3v) is 4.33. The van der Waals surface area contributed by atoms with E-state index in [0.29, 0.717) is 12.3 Å². The number of nitrogens with zero attached hydrogens (tertiary/aromatic N) is 1. The molecule has 0 radical (unpaired) electrons. The van der Waals surface area contributed by atoms with Gasteiger partial charge in [0.2, 0.25) is 5.91 Å². The quantitative estimate of drug-likeness (QED) is 0.824. The molecule has 0 saturated heterocycles. The first-order chi connectivity index (χ1) is 9.69. The molecule has 1 aromatic rings. The van der Waals surface area contributed by atoms with Gasteiger partial charge in [-0.25, -0.2) is 0 Å². The van der Waals surface area contributed by atoms with Gasteiger partial charge in [-0.3, -0.25) is 4.79 Å². The van der Waals surface area contributed by atoms with Crippen LogP contribution in [0, 0.1) is 0 Å². The number of methoxy groups -OCH3 is 1. The molecule has 1 amide bonds. The van der Waals surface area contributed by atoms with E-state index in [1.54, 1.807) is 7.11 Å². The Morgan fingerprint density at radius 2 is 2.10 bits per heavy atom. The van der Waals surface area contributed by atoms with Crippen LogP contribution in [0.3, 0.4) is 0 Å². The molecule has 1 aliphatic rings. The molecule has 0 aliphatic heterocycles. The van der Waals surface area contributed by atoms with E-state index in [2.05, 4.69) is 12.1 Å². The van der Waals surface area contributed by atoms with Crippen LogP contribution in [0.2, 0.25) is 0 Å². The van der Waals surface area contributed by atoms with Crippen molar-refractivity contribution in [3.63, 3.8) is 0 Å². The van der Waals surface area contributed by atoms with Gasteiger partial charge >= 0.3 is 0 Å². The molecule has 0 saturated carbocycles. The fourth-order valence-electron chi connectivity index (χ4n) is 3.15. The van der Waals surface area contributed by atoms with Gasteiger partial charge in [0.15, 0.2) is 0 Å². The van der Waals surface area contributed by atoms with E-state index in [-0.39, 0.29) is 5.91 Å². The van der Waals surface area contributed by atoms with Crippen molar-refractivity contribution in [1.29, 1.82) is 0 Å². The highest BCUT2D eigenvalue weighted by molar-refractivity contribution is 5.77. The minimum atomic E-state index is 0.281. The van der Waals surface area contributed by atoms with Gasteiger partial charge in [-0.05, 0) is 62.3 Å². The van der Waals surface area contributed by atoms with Crippen LogP contribution in [-0.2, 0) is 11.2 Å². The van der Waals surface area contributed by atoms with Crippen LogP contribution < -0.4 is 4.74 Å². The SMILES string of the molecule is CCN(CC)C(=O)CC1CCCc2cc(OC)ccc21. The van der Waals surface area contributed by atoms with Crippen molar-refractivity contribution < 1.29 is 9.53 Å². The molecule has 2 rings (SSSR count). The topological polar surface area (TPSA) is 29.5 Å².